The molecule has 0 saturated carbocycles. The van der Waals surface area contributed by atoms with Gasteiger partial charge in [0.2, 0.25) is 0 Å². The fourth-order valence-corrected chi connectivity index (χ4v) is 1.87. The van der Waals surface area contributed by atoms with Crippen LogP contribution in [0.1, 0.15) is 19.4 Å². The lowest BCUT2D eigenvalue weighted by Crippen LogP contribution is -2.04. The highest BCUT2D eigenvalue weighted by Crippen LogP contribution is 2.19. The summed E-state index contributed by atoms with van der Waals surface area (Å²) in [6, 6.07) is 1.97. The Labute approximate surface area is 88.9 Å². The first kappa shape index (κ1) is 14.0. The van der Waals surface area contributed by atoms with E-state index in [4.69, 9.17) is 0 Å². The van der Waals surface area contributed by atoms with Crippen molar-refractivity contribution in [2.24, 2.45) is 0 Å². The van der Waals surface area contributed by atoms with E-state index >= 15 is 0 Å². The van der Waals surface area contributed by atoms with E-state index in [1.165, 1.54) is 6.92 Å². The zero-order valence-corrected chi connectivity index (χ0v) is 9.95. The van der Waals surface area contributed by atoms with Crippen LogP contribution in [-0.4, -0.2) is 14.7 Å². The molecule has 0 N–H and O–H groups in total. The smallest absolute Gasteiger partial charge is 0.181 e. The van der Waals surface area contributed by atoms with E-state index in [9.17, 15) is 17.2 Å². The standard InChI is InChI=1S/C8H8F2O2S.C2H6/c1-5-3-6(9)8(7(10)4-5)13(2,11)12;1-2/h3-4H,1-2H3;1-2H3. The summed E-state index contributed by atoms with van der Waals surface area (Å²) < 4.78 is 47.8. The summed E-state index contributed by atoms with van der Waals surface area (Å²) in [5.41, 5.74) is 0.349. The molecule has 1 rings (SSSR count). The molecule has 0 aliphatic carbocycles. The van der Waals surface area contributed by atoms with E-state index < -0.39 is 26.4 Å². The van der Waals surface area contributed by atoms with Gasteiger partial charge in [-0.15, -0.1) is 0 Å². The Bertz CT molecular complexity index is 416. The van der Waals surface area contributed by atoms with Gasteiger partial charge in [-0.05, 0) is 24.6 Å². The summed E-state index contributed by atoms with van der Waals surface area (Å²) in [7, 11) is -3.83. The molecule has 5 heteroatoms. The Morgan fingerprint density at radius 1 is 1.07 bits per heavy atom. The molecule has 0 fully saturated rings. The van der Waals surface area contributed by atoms with E-state index in [2.05, 4.69) is 0 Å². The number of hydrogen-bond donors (Lipinski definition) is 0. The average Bonchev–Trinajstić information content (AvgIpc) is 2.02. The van der Waals surface area contributed by atoms with Gasteiger partial charge in [-0.2, -0.15) is 0 Å². The van der Waals surface area contributed by atoms with Crippen LogP contribution in [0.25, 0.3) is 0 Å². The zero-order chi connectivity index (χ0) is 12.2. The van der Waals surface area contributed by atoms with Gasteiger partial charge in [0.05, 0.1) is 0 Å². The first-order valence-corrected chi connectivity index (χ1v) is 6.37. The van der Waals surface area contributed by atoms with E-state index in [-0.39, 0.29) is 0 Å². The van der Waals surface area contributed by atoms with Crippen LogP contribution in [0.15, 0.2) is 17.0 Å². The Balaban J connectivity index is 0.000000921. The van der Waals surface area contributed by atoms with Gasteiger partial charge in [-0.25, -0.2) is 17.2 Å². The number of sulfone groups is 1. The van der Waals surface area contributed by atoms with Crippen molar-refractivity contribution >= 4 is 9.84 Å². The van der Waals surface area contributed by atoms with Gasteiger partial charge in [-0.3, -0.25) is 0 Å². The third-order valence-corrected chi connectivity index (χ3v) is 2.64. The second-order valence-corrected chi connectivity index (χ2v) is 4.78. The molecular weight excluding hydrogens is 222 g/mol. The van der Waals surface area contributed by atoms with Crippen molar-refractivity contribution in [1.29, 1.82) is 0 Å². The largest absolute Gasteiger partial charge is 0.224 e. The van der Waals surface area contributed by atoms with Crippen LogP contribution in [0.5, 0.6) is 0 Å². The van der Waals surface area contributed by atoms with Crippen molar-refractivity contribution in [2.45, 2.75) is 25.7 Å². The monoisotopic (exact) mass is 236 g/mol. The van der Waals surface area contributed by atoms with Crippen LogP contribution < -0.4 is 0 Å². The van der Waals surface area contributed by atoms with E-state index in [1.54, 1.807) is 0 Å². The molecule has 0 heterocycles. The van der Waals surface area contributed by atoms with E-state index in [0.717, 1.165) is 18.4 Å². The highest BCUT2D eigenvalue weighted by molar-refractivity contribution is 7.90. The summed E-state index contributed by atoms with van der Waals surface area (Å²) in [4.78, 5) is -0.863. The maximum Gasteiger partial charge on any atom is 0.181 e. The van der Waals surface area contributed by atoms with Crippen molar-refractivity contribution in [3.8, 4) is 0 Å². The average molecular weight is 236 g/mol. The molecule has 86 valence electrons. The molecule has 0 spiro atoms. The minimum absolute atomic E-state index is 0.349. The van der Waals surface area contributed by atoms with E-state index in [0.29, 0.717) is 5.56 Å². The van der Waals surface area contributed by atoms with Crippen molar-refractivity contribution in [1.82, 2.24) is 0 Å². The molecule has 0 radical (unpaired) electrons. The molecule has 0 aliphatic heterocycles. The maximum atomic E-state index is 13.0. The Morgan fingerprint density at radius 3 is 1.67 bits per heavy atom. The van der Waals surface area contributed by atoms with Gasteiger partial charge in [0, 0.05) is 6.26 Å². The van der Waals surface area contributed by atoms with Crippen molar-refractivity contribution in [3.63, 3.8) is 0 Å². The third kappa shape index (κ3) is 3.58. The minimum Gasteiger partial charge on any atom is -0.224 e. The van der Waals surface area contributed by atoms with E-state index in [1.807, 2.05) is 13.8 Å². The predicted molar refractivity (Wildman–Crippen MR) is 55.6 cm³/mol. The third-order valence-electron chi connectivity index (χ3n) is 1.51. The van der Waals surface area contributed by atoms with Gasteiger partial charge >= 0.3 is 0 Å². The molecule has 0 amide bonds. The molecule has 0 aliphatic rings. The summed E-state index contributed by atoms with van der Waals surface area (Å²) in [5.74, 6) is -2.08. The SMILES string of the molecule is CC.Cc1cc(F)c(S(C)(=O)=O)c(F)c1. The molecule has 0 unspecified atom stereocenters. The Kier molecular flexibility index (Phi) is 4.87. The Morgan fingerprint density at radius 2 is 1.40 bits per heavy atom. The molecular formula is C10H14F2O2S. The summed E-state index contributed by atoms with van der Waals surface area (Å²) >= 11 is 0. The van der Waals surface area contributed by atoms with Gasteiger partial charge in [0.15, 0.2) is 9.84 Å². The number of benzene rings is 1. The number of halogens is 2. The van der Waals surface area contributed by atoms with Gasteiger partial charge in [0.1, 0.15) is 16.5 Å². The fourth-order valence-electron chi connectivity index (χ4n) is 1.04. The highest BCUT2D eigenvalue weighted by Gasteiger charge is 2.19. The maximum absolute atomic E-state index is 13.0. The topological polar surface area (TPSA) is 34.1 Å². The molecule has 1 aromatic carbocycles. The van der Waals surface area contributed by atoms with Crippen molar-refractivity contribution in [2.75, 3.05) is 6.26 Å². The van der Waals surface area contributed by atoms with Crippen molar-refractivity contribution in [3.05, 3.63) is 29.3 Å². The number of hydrogen-bond acceptors (Lipinski definition) is 2. The number of aryl methyl sites for hydroxylation is 1. The quantitative estimate of drug-likeness (QED) is 0.751. The van der Waals surface area contributed by atoms with Gasteiger partial charge in [-0.1, -0.05) is 13.8 Å². The van der Waals surface area contributed by atoms with Crippen LogP contribution in [0.4, 0.5) is 8.78 Å². The first-order valence-electron chi connectivity index (χ1n) is 4.48. The second-order valence-electron chi connectivity index (χ2n) is 2.83. The van der Waals surface area contributed by atoms with Crippen LogP contribution in [0.3, 0.4) is 0 Å². The summed E-state index contributed by atoms with van der Waals surface area (Å²) in [6.45, 7) is 5.48. The molecule has 2 nitrogen and oxygen atoms in total. The van der Waals surface area contributed by atoms with Crippen LogP contribution in [0, 0.1) is 18.6 Å². The summed E-state index contributed by atoms with van der Waals surface area (Å²) in [6.07, 6.45) is 0.768. The second kappa shape index (κ2) is 5.21. The molecule has 0 atom stereocenters. The lowest BCUT2D eigenvalue weighted by molar-refractivity contribution is 0.520. The van der Waals surface area contributed by atoms with Crippen molar-refractivity contribution < 1.29 is 17.2 Å². The predicted octanol–water partition coefficient (Wildman–Crippen LogP) is 2.70. The summed E-state index contributed by atoms with van der Waals surface area (Å²) in [5, 5.41) is 0. The van der Waals surface area contributed by atoms with Gasteiger partial charge in [0.25, 0.3) is 0 Å². The number of rotatable bonds is 1. The molecule has 15 heavy (non-hydrogen) atoms. The van der Waals surface area contributed by atoms with Crippen LogP contribution in [-0.2, 0) is 9.84 Å². The molecule has 0 bridgehead atoms. The van der Waals surface area contributed by atoms with Crippen LogP contribution >= 0.6 is 0 Å². The minimum atomic E-state index is -3.83. The van der Waals surface area contributed by atoms with Crippen LogP contribution in [0.2, 0.25) is 0 Å². The lowest BCUT2D eigenvalue weighted by Gasteiger charge is -2.03. The molecule has 1 aromatic rings. The first-order chi connectivity index (χ1) is 6.82. The highest BCUT2D eigenvalue weighted by atomic mass is 32.2. The molecule has 0 saturated heterocycles. The Hall–Kier alpha value is -0.970. The normalized spacial score (nSPS) is 10.5. The zero-order valence-electron chi connectivity index (χ0n) is 9.14. The fraction of sp³-hybridized carbons (Fsp3) is 0.400. The lowest BCUT2D eigenvalue weighted by atomic mass is 10.2. The molecule has 0 aromatic heterocycles. The van der Waals surface area contributed by atoms with Gasteiger partial charge < -0.3 is 0 Å².